The summed E-state index contributed by atoms with van der Waals surface area (Å²) in [7, 11) is 0. The highest BCUT2D eigenvalue weighted by molar-refractivity contribution is 6.13. The molecule has 48 heavy (non-hydrogen) atoms. The number of nitrogens with two attached hydrogens (primary N) is 1. The van der Waals surface area contributed by atoms with E-state index in [1.54, 1.807) is 12.1 Å². The number of nitrogens with zero attached hydrogens (tertiary/aromatic N) is 3. The molecule has 0 saturated heterocycles. The summed E-state index contributed by atoms with van der Waals surface area (Å²) in [5.41, 5.74) is 20.2. The average Bonchev–Trinajstić information content (AvgIpc) is 3.59. The third-order valence-corrected chi connectivity index (χ3v) is 9.64. The molecule has 0 saturated carbocycles. The number of fused-ring (bicyclic) bond motifs is 7. The largest absolute Gasteiger partial charge is 0.398 e. The smallest absolute Gasteiger partial charge is 0.0991 e. The van der Waals surface area contributed by atoms with Crippen molar-refractivity contribution in [2.45, 2.75) is 25.8 Å². The Labute approximate surface area is 280 Å². The summed E-state index contributed by atoms with van der Waals surface area (Å²) < 4.78 is 2.45. The Kier molecular flexibility index (Phi) is 7.04. The third kappa shape index (κ3) is 4.80. The van der Waals surface area contributed by atoms with Crippen LogP contribution in [0.4, 0.5) is 0 Å². The van der Waals surface area contributed by atoms with Gasteiger partial charge in [0.2, 0.25) is 0 Å². The first-order valence-corrected chi connectivity index (χ1v) is 16.3. The summed E-state index contributed by atoms with van der Waals surface area (Å²) in [5, 5.41) is 11.9. The van der Waals surface area contributed by atoms with E-state index in [1.807, 2.05) is 48.5 Å². The topological polar surface area (TPSA) is 67.1 Å². The minimum Gasteiger partial charge on any atom is -0.398 e. The van der Waals surface area contributed by atoms with Crippen LogP contribution >= 0.6 is 0 Å². The van der Waals surface area contributed by atoms with Crippen molar-refractivity contribution in [1.29, 1.82) is 5.26 Å². The van der Waals surface area contributed by atoms with Crippen LogP contribution in [0.2, 0.25) is 0 Å². The van der Waals surface area contributed by atoms with Crippen molar-refractivity contribution in [3.63, 3.8) is 0 Å². The van der Waals surface area contributed by atoms with Crippen molar-refractivity contribution in [2.24, 2.45) is 10.7 Å². The molecule has 0 spiro atoms. The fourth-order valence-electron chi connectivity index (χ4n) is 7.38. The number of benzene rings is 6. The number of hydrogen-bond acceptors (Lipinski definition) is 3. The Bertz CT molecular complexity index is 2470. The van der Waals surface area contributed by atoms with Crippen LogP contribution in [0.5, 0.6) is 0 Å². The average molecular weight is 619 g/mol. The molecular formula is C44H34N4. The Balaban J connectivity index is 1.26. The van der Waals surface area contributed by atoms with Crippen molar-refractivity contribution in [2.75, 3.05) is 0 Å². The minimum atomic E-state index is -0.150. The van der Waals surface area contributed by atoms with Gasteiger partial charge in [0.25, 0.3) is 0 Å². The predicted octanol–water partition coefficient (Wildman–Crippen LogP) is 9.95. The van der Waals surface area contributed by atoms with Crippen LogP contribution in [0.25, 0.3) is 44.3 Å². The first-order chi connectivity index (χ1) is 23.4. The zero-order valence-corrected chi connectivity index (χ0v) is 27.0. The third-order valence-electron chi connectivity index (χ3n) is 9.64. The number of aliphatic imine (C=N–C) groups is 1. The van der Waals surface area contributed by atoms with Crippen LogP contribution in [0.1, 0.15) is 47.2 Å². The molecule has 6 aromatic carbocycles. The molecule has 0 bridgehead atoms. The molecule has 1 aliphatic carbocycles. The van der Waals surface area contributed by atoms with Crippen LogP contribution in [0, 0.1) is 11.3 Å². The number of aromatic nitrogens is 1. The van der Waals surface area contributed by atoms with E-state index in [2.05, 4.69) is 109 Å². The molecule has 0 radical (unpaired) electrons. The number of nitriles is 1. The van der Waals surface area contributed by atoms with Crippen molar-refractivity contribution in [3.05, 3.63) is 179 Å². The second-order valence-corrected chi connectivity index (χ2v) is 12.9. The number of allylic oxidation sites excluding steroid dienone is 1. The van der Waals surface area contributed by atoms with E-state index in [0.717, 1.165) is 28.1 Å². The summed E-state index contributed by atoms with van der Waals surface area (Å²) >= 11 is 0. The van der Waals surface area contributed by atoms with Crippen molar-refractivity contribution < 1.29 is 0 Å². The van der Waals surface area contributed by atoms with Crippen LogP contribution in [0.3, 0.4) is 0 Å². The zero-order chi connectivity index (χ0) is 32.8. The summed E-state index contributed by atoms with van der Waals surface area (Å²) in [4.78, 5) is 5.11. The normalized spacial score (nSPS) is 13.8. The standard InChI is InChI=1S/C44H34N4/c1-44(2)38-20-8-6-18-34(38)36-22-23-37-35-19-7-9-21-41(35)48(43(37)42(36)44)33-17-11-13-30(25-33)28-47-40(31-14-4-3-5-15-31)26-39(46)32-16-10-12-29(24-32)27-45/h3-26H,28,46H2,1-2H3. The van der Waals surface area contributed by atoms with Crippen molar-refractivity contribution in [1.82, 2.24) is 4.57 Å². The fraction of sp³-hybridized carbons (Fsp3) is 0.0909. The molecule has 0 fully saturated rings. The SMILES string of the molecule is CC1(C)c2ccccc2-c2ccc3c4ccccc4n(-c4cccc(CN=C(C=C(N)c5cccc(C#N)c5)c5ccccc5)c4)c3c21. The van der Waals surface area contributed by atoms with Gasteiger partial charge in [-0.2, -0.15) is 5.26 Å². The molecule has 7 aromatic rings. The van der Waals surface area contributed by atoms with E-state index in [0.29, 0.717) is 17.8 Å². The van der Waals surface area contributed by atoms with Gasteiger partial charge in [0, 0.05) is 27.6 Å². The van der Waals surface area contributed by atoms with Crippen LogP contribution in [-0.2, 0) is 12.0 Å². The molecule has 0 unspecified atom stereocenters. The summed E-state index contributed by atoms with van der Waals surface area (Å²) in [6, 6.07) is 50.5. The number of rotatable bonds is 6. The first kappa shape index (κ1) is 29.2. The maximum Gasteiger partial charge on any atom is 0.0991 e. The first-order valence-electron chi connectivity index (χ1n) is 16.3. The minimum absolute atomic E-state index is 0.150. The van der Waals surface area contributed by atoms with E-state index in [-0.39, 0.29) is 5.41 Å². The van der Waals surface area contributed by atoms with Crippen molar-refractivity contribution >= 4 is 33.2 Å². The van der Waals surface area contributed by atoms with E-state index in [1.165, 1.54) is 44.1 Å². The van der Waals surface area contributed by atoms with Gasteiger partial charge in [-0.1, -0.05) is 123 Å². The van der Waals surface area contributed by atoms with Crippen molar-refractivity contribution in [3.8, 4) is 22.9 Å². The highest BCUT2D eigenvalue weighted by Crippen LogP contribution is 2.52. The highest BCUT2D eigenvalue weighted by atomic mass is 15.0. The quantitative estimate of drug-likeness (QED) is 0.189. The van der Waals surface area contributed by atoms with E-state index < -0.39 is 0 Å². The Morgan fingerprint density at radius 2 is 1.50 bits per heavy atom. The molecule has 230 valence electrons. The number of hydrogen-bond donors (Lipinski definition) is 1. The summed E-state index contributed by atoms with van der Waals surface area (Å²) in [5.74, 6) is 0. The lowest BCUT2D eigenvalue weighted by molar-refractivity contribution is 0.664. The van der Waals surface area contributed by atoms with Crippen LogP contribution < -0.4 is 5.73 Å². The van der Waals surface area contributed by atoms with Crippen LogP contribution in [0.15, 0.2) is 151 Å². The highest BCUT2D eigenvalue weighted by Gasteiger charge is 2.38. The lowest BCUT2D eigenvalue weighted by atomic mass is 9.81. The van der Waals surface area contributed by atoms with Gasteiger partial charge >= 0.3 is 0 Å². The molecular weight excluding hydrogens is 585 g/mol. The molecule has 0 amide bonds. The van der Waals surface area contributed by atoms with E-state index in [9.17, 15) is 5.26 Å². The number of para-hydroxylation sites is 1. The van der Waals surface area contributed by atoms with Gasteiger partial charge in [-0.3, -0.25) is 4.99 Å². The molecule has 8 rings (SSSR count). The summed E-state index contributed by atoms with van der Waals surface area (Å²) in [6.45, 7) is 5.18. The predicted molar refractivity (Wildman–Crippen MR) is 198 cm³/mol. The molecule has 1 heterocycles. The monoisotopic (exact) mass is 618 g/mol. The van der Waals surface area contributed by atoms with E-state index >= 15 is 0 Å². The maximum absolute atomic E-state index is 9.40. The van der Waals surface area contributed by atoms with Gasteiger partial charge in [-0.15, -0.1) is 0 Å². The Morgan fingerprint density at radius 3 is 2.35 bits per heavy atom. The molecule has 1 aliphatic rings. The van der Waals surface area contributed by atoms with Gasteiger partial charge in [0.15, 0.2) is 0 Å². The molecule has 2 N–H and O–H groups in total. The Morgan fingerprint density at radius 1 is 0.750 bits per heavy atom. The second kappa shape index (κ2) is 11.6. The van der Waals surface area contributed by atoms with Gasteiger partial charge in [-0.25, -0.2) is 0 Å². The second-order valence-electron chi connectivity index (χ2n) is 12.9. The van der Waals surface area contributed by atoms with Gasteiger partial charge < -0.3 is 10.3 Å². The maximum atomic E-state index is 9.40. The summed E-state index contributed by atoms with van der Waals surface area (Å²) in [6.07, 6.45) is 1.91. The van der Waals surface area contributed by atoms with Gasteiger partial charge in [-0.05, 0) is 75.4 Å². The fourth-order valence-corrected chi connectivity index (χ4v) is 7.38. The van der Waals surface area contributed by atoms with Gasteiger partial charge in [0.05, 0.1) is 34.9 Å². The molecule has 1 aromatic heterocycles. The lowest BCUT2D eigenvalue weighted by Crippen LogP contribution is -2.16. The van der Waals surface area contributed by atoms with Crippen LogP contribution in [-0.4, -0.2) is 10.3 Å². The molecule has 4 nitrogen and oxygen atoms in total. The van der Waals surface area contributed by atoms with E-state index in [4.69, 9.17) is 10.7 Å². The molecule has 4 heteroatoms. The lowest BCUT2D eigenvalue weighted by Gasteiger charge is -2.23. The zero-order valence-electron chi connectivity index (χ0n) is 27.0. The van der Waals surface area contributed by atoms with Gasteiger partial charge in [0.1, 0.15) is 0 Å². The molecule has 0 aliphatic heterocycles. The Hall–Kier alpha value is -6.18. The molecule has 0 atom stereocenters.